The molecule has 1 saturated heterocycles. The van der Waals surface area contributed by atoms with Gasteiger partial charge in [-0.3, -0.25) is 0 Å². The lowest BCUT2D eigenvalue weighted by Gasteiger charge is -2.32. The summed E-state index contributed by atoms with van der Waals surface area (Å²) >= 11 is 0. The summed E-state index contributed by atoms with van der Waals surface area (Å²) in [5.74, 6) is 1.59. The molecule has 1 aromatic heterocycles. The highest BCUT2D eigenvalue weighted by Gasteiger charge is 2.20. The Labute approximate surface area is 121 Å². The van der Waals surface area contributed by atoms with Crippen LogP contribution < -0.4 is 10.2 Å². The summed E-state index contributed by atoms with van der Waals surface area (Å²) in [6, 6.07) is 4.62. The van der Waals surface area contributed by atoms with Crippen molar-refractivity contribution in [1.29, 1.82) is 0 Å². The molecule has 1 N–H and O–H groups in total. The van der Waals surface area contributed by atoms with Crippen molar-refractivity contribution in [3.8, 4) is 0 Å². The molecular formula is C15H26N4O. The van der Waals surface area contributed by atoms with Gasteiger partial charge in [-0.25, -0.2) is 0 Å². The molecule has 112 valence electrons. The molecule has 1 aliphatic heterocycles. The summed E-state index contributed by atoms with van der Waals surface area (Å²) in [4.78, 5) is 2.32. The third kappa shape index (κ3) is 4.42. The van der Waals surface area contributed by atoms with Crippen LogP contribution in [0.3, 0.4) is 0 Å². The van der Waals surface area contributed by atoms with E-state index in [2.05, 4.69) is 46.4 Å². The third-order valence-corrected chi connectivity index (χ3v) is 3.64. The predicted molar refractivity (Wildman–Crippen MR) is 80.8 cm³/mol. The van der Waals surface area contributed by atoms with E-state index in [4.69, 9.17) is 4.74 Å². The van der Waals surface area contributed by atoms with Crippen LogP contribution in [-0.4, -0.2) is 43.0 Å². The van der Waals surface area contributed by atoms with Gasteiger partial charge in [0.2, 0.25) is 0 Å². The molecule has 0 radical (unpaired) electrons. The number of methoxy groups -OCH3 is 1. The van der Waals surface area contributed by atoms with E-state index in [1.54, 1.807) is 7.11 Å². The van der Waals surface area contributed by atoms with Gasteiger partial charge in [0.1, 0.15) is 0 Å². The predicted octanol–water partition coefficient (Wildman–Crippen LogP) is 1.84. The number of piperidine rings is 1. The maximum absolute atomic E-state index is 5.27. The minimum Gasteiger partial charge on any atom is -0.384 e. The SMILES string of the molecule is COCC1CCCN(c2ccc(CNC(C)C)nn2)C1. The smallest absolute Gasteiger partial charge is 0.151 e. The summed E-state index contributed by atoms with van der Waals surface area (Å²) < 4.78 is 5.27. The Kier molecular flexibility index (Phi) is 5.73. The van der Waals surface area contributed by atoms with Crippen molar-refractivity contribution in [2.45, 2.75) is 39.3 Å². The van der Waals surface area contributed by atoms with Crippen LogP contribution in [0, 0.1) is 5.92 Å². The molecule has 5 nitrogen and oxygen atoms in total. The van der Waals surface area contributed by atoms with Gasteiger partial charge in [-0.1, -0.05) is 13.8 Å². The van der Waals surface area contributed by atoms with Gasteiger partial charge in [0.25, 0.3) is 0 Å². The fourth-order valence-corrected chi connectivity index (χ4v) is 2.57. The number of rotatable bonds is 6. The Bertz CT molecular complexity index is 391. The van der Waals surface area contributed by atoms with Gasteiger partial charge in [-0.05, 0) is 30.9 Å². The van der Waals surface area contributed by atoms with Crippen molar-refractivity contribution < 1.29 is 4.74 Å². The second kappa shape index (κ2) is 7.55. The Morgan fingerprint density at radius 1 is 1.40 bits per heavy atom. The van der Waals surface area contributed by atoms with E-state index < -0.39 is 0 Å². The molecule has 2 heterocycles. The lowest BCUT2D eigenvalue weighted by Crippen LogP contribution is -2.37. The van der Waals surface area contributed by atoms with Crippen molar-refractivity contribution in [2.75, 3.05) is 31.7 Å². The highest BCUT2D eigenvalue weighted by Crippen LogP contribution is 2.21. The molecule has 0 bridgehead atoms. The average molecular weight is 278 g/mol. The van der Waals surface area contributed by atoms with E-state index in [9.17, 15) is 0 Å². The number of aromatic nitrogens is 2. The molecule has 2 rings (SSSR count). The van der Waals surface area contributed by atoms with Crippen molar-refractivity contribution >= 4 is 5.82 Å². The number of hydrogen-bond donors (Lipinski definition) is 1. The van der Waals surface area contributed by atoms with Gasteiger partial charge < -0.3 is 15.0 Å². The quantitative estimate of drug-likeness (QED) is 0.860. The average Bonchev–Trinajstić information content (AvgIpc) is 2.46. The Hall–Kier alpha value is -1.20. The molecule has 1 unspecified atom stereocenters. The minimum atomic E-state index is 0.466. The largest absolute Gasteiger partial charge is 0.384 e. The number of hydrogen-bond acceptors (Lipinski definition) is 5. The Morgan fingerprint density at radius 3 is 2.90 bits per heavy atom. The first-order valence-corrected chi connectivity index (χ1v) is 7.49. The zero-order valence-electron chi connectivity index (χ0n) is 12.8. The van der Waals surface area contributed by atoms with Gasteiger partial charge in [0.05, 0.1) is 12.3 Å². The zero-order chi connectivity index (χ0) is 14.4. The molecule has 20 heavy (non-hydrogen) atoms. The van der Waals surface area contributed by atoms with Crippen molar-refractivity contribution in [3.05, 3.63) is 17.8 Å². The van der Waals surface area contributed by atoms with Crippen molar-refractivity contribution in [1.82, 2.24) is 15.5 Å². The maximum Gasteiger partial charge on any atom is 0.151 e. The lowest BCUT2D eigenvalue weighted by molar-refractivity contribution is 0.143. The van der Waals surface area contributed by atoms with Gasteiger partial charge in [-0.15, -0.1) is 5.10 Å². The van der Waals surface area contributed by atoms with Crippen LogP contribution in [0.4, 0.5) is 5.82 Å². The molecule has 1 atom stereocenters. The van der Waals surface area contributed by atoms with Crippen LogP contribution in [0.5, 0.6) is 0 Å². The monoisotopic (exact) mass is 278 g/mol. The van der Waals surface area contributed by atoms with Crippen LogP contribution in [0.25, 0.3) is 0 Å². The van der Waals surface area contributed by atoms with Crippen molar-refractivity contribution in [2.24, 2.45) is 5.92 Å². The lowest BCUT2D eigenvalue weighted by atomic mass is 9.99. The van der Waals surface area contributed by atoms with Crippen LogP contribution in [-0.2, 0) is 11.3 Å². The van der Waals surface area contributed by atoms with E-state index >= 15 is 0 Å². The van der Waals surface area contributed by atoms with E-state index in [-0.39, 0.29) is 0 Å². The maximum atomic E-state index is 5.27. The standard InChI is InChI=1S/C15H26N4O/c1-12(2)16-9-14-6-7-15(18-17-14)19-8-4-5-13(10-19)11-20-3/h6-7,12-13,16H,4-5,8-11H2,1-3H3. The van der Waals surface area contributed by atoms with E-state index in [0.29, 0.717) is 12.0 Å². The second-order valence-corrected chi connectivity index (χ2v) is 5.83. The van der Waals surface area contributed by atoms with Crippen LogP contribution >= 0.6 is 0 Å². The summed E-state index contributed by atoms with van der Waals surface area (Å²) in [5.41, 5.74) is 0.993. The first-order chi connectivity index (χ1) is 9.69. The number of nitrogens with one attached hydrogen (secondary N) is 1. The van der Waals surface area contributed by atoms with Gasteiger partial charge in [-0.2, -0.15) is 5.10 Å². The Morgan fingerprint density at radius 2 is 2.25 bits per heavy atom. The van der Waals surface area contributed by atoms with E-state index in [0.717, 1.165) is 37.8 Å². The molecule has 0 aromatic carbocycles. The minimum absolute atomic E-state index is 0.466. The summed E-state index contributed by atoms with van der Waals surface area (Å²) in [6.07, 6.45) is 2.44. The van der Waals surface area contributed by atoms with E-state index in [1.165, 1.54) is 12.8 Å². The molecule has 0 aliphatic carbocycles. The van der Waals surface area contributed by atoms with Gasteiger partial charge in [0.15, 0.2) is 5.82 Å². The molecule has 0 amide bonds. The number of nitrogens with zero attached hydrogens (tertiary/aromatic N) is 3. The Balaban J connectivity index is 1.91. The van der Waals surface area contributed by atoms with E-state index in [1.807, 2.05) is 0 Å². The van der Waals surface area contributed by atoms with Gasteiger partial charge >= 0.3 is 0 Å². The first kappa shape index (κ1) is 15.2. The summed E-state index contributed by atoms with van der Waals surface area (Å²) in [7, 11) is 1.77. The molecular weight excluding hydrogens is 252 g/mol. The number of anilines is 1. The van der Waals surface area contributed by atoms with Crippen LogP contribution in [0.1, 0.15) is 32.4 Å². The first-order valence-electron chi connectivity index (χ1n) is 7.49. The molecule has 0 saturated carbocycles. The zero-order valence-corrected chi connectivity index (χ0v) is 12.8. The normalized spacial score (nSPS) is 19.6. The fraction of sp³-hybridized carbons (Fsp3) is 0.733. The molecule has 1 aliphatic rings. The van der Waals surface area contributed by atoms with Crippen molar-refractivity contribution in [3.63, 3.8) is 0 Å². The van der Waals surface area contributed by atoms with Crippen LogP contribution in [0.2, 0.25) is 0 Å². The molecule has 0 spiro atoms. The van der Waals surface area contributed by atoms with Gasteiger partial charge in [0, 0.05) is 32.8 Å². The third-order valence-electron chi connectivity index (χ3n) is 3.64. The molecule has 1 aromatic rings. The topological polar surface area (TPSA) is 50.3 Å². The van der Waals surface area contributed by atoms with Crippen LogP contribution in [0.15, 0.2) is 12.1 Å². The summed E-state index contributed by atoms with van der Waals surface area (Å²) in [6.45, 7) is 7.96. The highest BCUT2D eigenvalue weighted by molar-refractivity contribution is 5.37. The second-order valence-electron chi connectivity index (χ2n) is 5.83. The number of ether oxygens (including phenoxy) is 1. The molecule has 5 heteroatoms. The fourth-order valence-electron chi connectivity index (χ4n) is 2.57. The highest BCUT2D eigenvalue weighted by atomic mass is 16.5. The summed E-state index contributed by atoms with van der Waals surface area (Å²) in [5, 5.41) is 12.0. The molecule has 1 fully saturated rings.